The third kappa shape index (κ3) is 1.88. The minimum absolute atomic E-state index is 0.0978. The molecule has 22 heavy (non-hydrogen) atoms. The van der Waals surface area contributed by atoms with Crippen molar-refractivity contribution in [3.63, 3.8) is 0 Å². The number of rotatable bonds is 1. The highest BCUT2D eigenvalue weighted by Gasteiger charge is 2.60. The lowest BCUT2D eigenvalue weighted by atomic mass is 9.55. The molecule has 0 aromatic carbocycles. The first-order valence-corrected chi connectivity index (χ1v) is 9.33. The van der Waals surface area contributed by atoms with E-state index >= 15 is 0 Å². The Hall–Kier alpha value is -0.790. The van der Waals surface area contributed by atoms with Crippen LogP contribution in [-0.2, 0) is 9.53 Å². The van der Waals surface area contributed by atoms with Crippen LogP contribution >= 0.6 is 0 Å². The van der Waals surface area contributed by atoms with Gasteiger partial charge in [-0.1, -0.05) is 31.9 Å². The monoisotopic (exact) mass is 302 g/mol. The maximum atomic E-state index is 11.5. The van der Waals surface area contributed by atoms with Gasteiger partial charge in [0.1, 0.15) is 6.10 Å². The van der Waals surface area contributed by atoms with Gasteiger partial charge in [0, 0.05) is 12.3 Å². The van der Waals surface area contributed by atoms with Crippen LogP contribution in [0.3, 0.4) is 0 Å². The quantitative estimate of drug-likeness (QED) is 0.509. The molecule has 4 aliphatic carbocycles. The zero-order valence-corrected chi connectivity index (χ0v) is 14.4. The van der Waals surface area contributed by atoms with Crippen molar-refractivity contribution < 1.29 is 9.53 Å². The highest BCUT2D eigenvalue weighted by molar-refractivity contribution is 5.66. The molecule has 0 saturated heterocycles. The Morgan fingerprint density at radius 2 is 1.95 bits per heavy atom. The van der Waals surface area contributed by atoms with Gasteiger partial charge in [0.15, 0.2) is 0 Å². The lowest BCUT2D eigenvalue weighted by Gasteiger charge is -2.50. The predicted molar refractivity (Wildman–Crippen MR) is 87.3 cm³/mol. The Kier molecular flexibility index (Phi) is 3.26. The molecule has 0 unspecified atom stereocenters. The van der Waals surface area contributed by atoms with Gasteiger partial charge in [0.2, 0.25) is 0 Å². The van der Waals surface area contributed by atoms with Crippen molar-refractivity contribution in [3.05, 3.63) is 11.6 Å². The summed E-state index contributed by atoms with van der Waals surface area (Å²) in [7, 11) is 0. The fourth-order valence-corrected chi connectivity index (χ4v) is 6.70. The Bertz CT molecular complexity index is 522. The summed E-state index contributed by atoms with van der Waals surface area (Å²) in [5.41, 5.74) is 2.48. The second-order valence-corrected chi connectivity index (χ2v) is 8.83. The normalized spacial score (nSPS) is 49.9. The molecular weight excluding hydrogens is 272 g/mol. The van der Waals surface area contributed by atoms with Crippen molar-refractivity contribution in [1.82, 2.24) is 0 Å². The van der Waals surface area contributed by atoms with E-state index in [1.165, 1.54) is 44.9 Å². The summed E-state index contributed by atoms with van der Waals surface area (Å²) in [6.07, 6.45) is 13.3. The van der Waals surface area contributed by atoms with Gasteiger partial charge in [-0.15, -0.1) is 0 Å². The summed E-state index contributed by atoms with van der Waals surface area (Å²) in [5, 5.41) is 0. The number of carbonyl (C=O) groups excluding carboxylic acids is 1. The van der Waals surface area contributed by atoms with E-state index < -0.39 is 0 Å². The van der Waals surface area contributed by atoms with E-state index in [2.05, 4.69) is 19.9 Å². The topological polar surface area (TPSA) is 26.3 Å². The average Bonchev–Trinajstić information content (AvgIpc) is 2.93. The van der Waals surface area contributed by atoms with Crippen LogP contribution in [0.4, 0.5) is 0 Å². The van der Waals surface area contributed by atoms with Gasteiger partial charge in [-0.3, -0.25) is 4.79 Å². The van der Waals surface area contributed by atoms with E-state index in [1.54, 1.807) is 12.5 Å². The number of hydrogen-bond acceptors (Lipinski definition) is 2. The molecule has 0 N–H and O–H groups in total. The molecule has 3 saturated carbocycles. The molecule has 0 heterocycles. The van der Waals surface area contributed by atoms with E-state index in [0.29, 0.717) is 5.41 Å². The van der Waals surface area contributed by atoms with Crippen molar-refractivity contribution >= 4 is 5.97 Å². The van der Waals surface area contributed by atoms with Gasteiger partial charge in [0.05, 0.1) is 0 Å². The van der Waals surface area contributed by atoms with Gasteiger partial charge >= 0.3 is 5.97 Å². The van der Waals surface area contributed by atoms with Gasteiger partial charge in [-0.25, -0.2) is 0 Å². The summed E-state index contributed by atoms with van der Waals surface area (Å²) in [6.45, 7) is 6.51. The third-order valence-corrected chi connectivity index (χ3v) is 7.89. The molecule has 4 rings (SSSR count). The van der Waals surface area contributed by atoms with Crippen LogP contribution in [0.1, 0.15) is 72.1 Å². The molecule has 122 valence electrons. The van der Waals surface area contributed by atoms with Crippen molar-refractivity contribution in [1.29, 1.82) is 0 Å². The molecule has 0 amide bonds. The molecule has 0 radical (unpaired) electrons. The summed E-state index contributed by atoms with van der Waals surface area (Å²) in [4.78, 5) is 11.5. The molecule has 2 heteroatoms. The number of fused-ring (bicyclic) bond motifs is 5. The molecule has 0 aliphatic heterocycles. The minimum Gasteiger partial charge on any atom is -0.462 e. The maximum absolute atomic E-state index is 11.5. The average molecular weight is 302 g/mol. The second kappa shape index (κ2) is 4.85. The molecular formula is C20H30O2. The summed E-state index contributed by atoms with van der Waals surface area (Å²) < 4.78 is 5.72. The number of hydrogen-bond donors (Lipinski definition) is 0. The standard InChI is InChI=1S/C20H30O2/c1-13(21)22-18-8-7-16-15-12-14-6-4-5-10-19(14,2)17(15)9-11-20(16,18)3/h12,15-18H,4-11H2,1-3H3/t15-,16-,17-,18-,19-,20-/m0/s1. The SMILES string of the molecule is CC(=O)O[C@H]1CC[C@H]2[C@@H]3C=C4CCCC[C@]4(C)[C@H]3CC[C@]12C. The van der Waals surface area contributed by atoms with E-state index in [4.69, 9.17) is 4.74 Å². The zero-order valence-electron chi connectivity index (χ0n) is 14.4. The Labute approximate surface area is 134 Å². The molecule has 0 aromatic rings. The highest BCUT2D eigenvalue weighted by Crippen LogP contribution is 2.66. The van der Waals surface area contributed by atoms with Crippen LogP contribution in [-0.4, -0.2) is 12.1 Å². The number of carbonyl (C=O) groups is 1. The Morgan fingerprint density at radius 1 is 1.14 bits per heavy atom. The van der Waals surface area contributed by atoms with E-state index in [9.17, 15) is 4.79 Å². The molecule has 0 aromatic heterocycles. The molecule has 3 fully saturated rings. The predicted octanol–water partition coefficient (Wildman–Crippen LogP) is 4.88. The summed E-state index contributed by atoms with van der Waals surface area (Å²) in [5.74, 6) is 2.24. The third-order valence-electron chi connectivity index (χ3n) is 7.89. The molecule has 6 atom stereocenters. The van der Waals surface area contributed by atoms with E-state index in [0.717, 1.165) is 24.2 Å². The fraction of sp³-hybridized carbons (Fsp3) is 0.850. The Balaban J connectivity index is 1.63. The lowest BCUT2D eigenvalue weighted by Crippen LogP contribution is -2.46. The lowest BCUT2D eigenvalue weighted by molar-refractivity contribution is -0.155. The highest BCUT2D eigenvalue weighted by atomic mass is 16.5. The molecule has 4 aliphatic rings. The van der Waals surface area contributed by atoms with Crippen molar-refractivity contribution in [2.45, 2.75) is 78.2 Å². The number of esters is 1. The molecule has 0 spiro atoms. The van der Waals surface area contributed by atoms with Crippen LogP contribution in [0.25, 0.3) is 0 Å². The number of ether oxygens (including phenoxy) is 1. The van der Waals surface area contributed by atoms with Crippen molar-refractivity contribution in [2.24, 2.45) is 28.6 Å². The van der Waals surface area contributed by atoms with Crippen LogP contribution in [0.2, 0.25) is 0 Å². The van der Waals surface area contributed by atoms with Gasteiger partial charge < -0.3 is 4.74 Å². The van der Waals surface area contributed by atoms with E-state index in [1.807, 2.05) is 0 Å². The maximum Gasteiger partial charge on any atom is 0.302 e. The summed E-state index contributed by atoms with van der Waals surface area (Å²) in [6, 6.07) is 0. The smallest absolute Gasteiger partial charge is 0.302 e. The molecule has 2 nitrogen and oxygen atoms in total. The van der Waals surface area contributed by atoms with Gasteiger partial charge in [0.25, 0.3) is 0 Å². The molecule has 0 bridgehead atoms. The van der Waals surface area contributed by atoms with Crippen LogP contribution in [0.5, 0.6) is 0 Å². The van der Waals surface area contributed by atoms with Crippen LogP contribution in [0.15, 0.2) is 11.6 Å². The first-order chi connectivity index (χ1) is 10.4. The first-order valence-electron chi connectivity index (χ1n) is 9.33. The van der Waals surface area contributed by atoms with Gasteiger partial charge in [-0.2, -0.15) is 0 Å². The first kappa shape index (κ1) is 14.8. The van der Waals surface area contributed by atoms with E-state index in [-0.39, 0.29) is 17.5 Å². The zero-order chi connectivity index (χ0) is 15.5. The Morgan fingerprint density at radius 3 is 2.73 bits per heavy atom. The second-order valence-electron chi connectivity index (χ2n) is 8.83. The van der Waals surface area contributed by atoms with Gasteiger partial charge in [-0.05, 0) is 68.1 Å². The van der Waals surface area contributed by atoms with Crippen molar-refractivity contribution in [2.75, 3.05) is 0 Å². The summed E-state index contributed by atoms with van der Waals surface area (Å²) >= 11 is 0. The largest absolute Gasteiger partial charge is 0.462 e. The fourth-order valence-electron chi connectivity index (χ4n) is 6.70. The van der Waals surface area contributed by atoms with Crippen LogP contribution < -0.4 is 0 Å². The van der Waals surface area contributed by atoms with Crippen LogP contribution in [0, 0.1) is 28.6 Å². The van der Waals surface area contributed by atoms with Crippen molar-refractivity contribution in [3.8, 4) is 0 Å². The minimum atomic E-state index is -0.0978. The number of allylic oxidation sites excluding steroid dienone is 2.